The molecule has 2 fully saturated rings. The highest BCUT2D eigenvalue weighted by Crippen LogP contribution is 2.61. The van der Waals surface area contributed by atoms with Gasteiger partial charge in [0.2, 0.25) is 0 Å². The Morgan fingerprint density at radius 2 is 2.14 bits per heavy atom. The molecule has 2 rings (SSSR count). The Kier molecular flexibility index (Phi) is 2.36. The Bertz CT molecular complexity index is 231. The molecule has 1 heteroatoms. The van der Waals surface area contributed by atoms with Gasteiger partial charge in [-0.3, -0.25) is 0 Å². The van der Waals surface area contributed by atoms with Crippen molar-refractivity contribution in [3.05, 3.63) is 12.8 Å². The van der Waals surface area contributed by atoms with Gasteiger partial charge in [-0.2, -0.15) is 0 Å². The predicted molar refractivity (Wildman–Crippen MR) is 58.8 cm³/mol. The second kappa shape index (κ2) is 3.29. The van der Waals surface area contributed by atoms with Gasteiger partial charge in [0.25, 0.3) is 0 Å². The summed E-state index contributed by atoms with van der Waals surface area (Å²) in [5.74, 6) is 2.58. The van der Waals surface area contributed by atoms with Crippen LogP contribution in [-0.4, -0.2) is 6.10 Å². The maximum atomic E-state index is 5.54. The van der Waals surface area contributed by atoms with E-state index in [1.54, 1.807) is 6.26 Å². The zero-order chi connectivity index (χ0) is 10.3. The lowest BCUT2D eigenvalue weighted by Crippen LogP contribution is -2.27. The van der Waals surface area contributed by atoms with E-state index >= 15 is 0 Å². The van der Waals surface area contributed by atoms with Crippen molar-refractivity contribution < 1.29 is 4.74 Å². The third kappa shape index (κ3) is 1.29. The second-order valence-electron chi connectivity index (χ2n) is 5.61. The Balaban J connectivity index is 2.08. The summed E-state index contributed by atoms with van der Waals surface area (Å²) in [4.78, 5) is 0. The number of rotatable bonds is 3. The molecule has 4 atom stereocenters. The van der Waals surface area contributed by atoms with Crippen molar-refractivity contribution in [3.63, 3.8) is 0 Å². The smallest absolute Gasteiger partial charge is 0.0981 e. The van der Waals surface area contributed by atoms with E-state index in [2.05, 4.69) is 27.4 Å². The minimum atomic E-state index is 0.363. The SMILES string of the molecule is C=COC(C)C1CC2CCC1C2(C)C. The Labute approximate surface area is 87.5 Å². The van der Waals surface area contributed by atoms with Gasteiger partial charge in [0, 0.05) is 0 Å². The van der Waals surface area contributed by atoms with Gasteiger partial charge in [0.1, 0.15) is 0 Å². The third-order valence-corrected chi connectivity index (χ3v) is 4.82. The highest BCUT2D eigenvalue weighted by atomic mass is 16.5. The van der Waals surface area contributed by atoms with Gasteiger partial charge in [-0.1, -0.05) is 20.4 Å². The van der Waals surface area contributed by atoms with Gasteiger partial charge >= 0.3 is 0 Å². The third-order valence-electron chi connectivity index (χ3n) is 4.82. The Morgan fingerprint density at radius 1 is 1.43 bits per heavy atom. The van der Waals surface area contributed by atoms with E-state index in [-0.39, 0.29) is 0 Å². The first kappa shape index (κ1) is 10.1. The molecule has 14 heavy (non-hydrogen) atoms. The van der Waals surface area contributed by atoms with Gasteiger partial charge in [0.05, 0.1) is 12.4 Å². The average Bonchev–Trinajstić information content (AvgIpc) is 2.56. The van der Waals surface area contributed by atoms with Crippen LogP contribution in [0.25, 0.3) is 0 Å². The molecule has 0 aromatic carbocycles. The van der Waals surface area contributed by atoms with Gasteiger partial charge in [-0.05, 0) is 49.4 Å². The van der Waals surface area contributed by atoms with Crippen LogP contribution in [0.15, 0.2) is 12.8 Å². The van der Waals surface area contributed by atoms with Gasteiger partial charge in [-0.15, -0.1) is 0 Å². The molecule has 1 nitrogen and oxygen atoms in total. The maximum Gasteiger partial charge on any atom is 0.0981 e. The average molecular weight is 194 g/mol. The standard InChI is InChI=1S/C13H22O/c1-5-14-9(2)11-8-10-6-7-12(11)13(10,3)4/h5,9-12H,1,6-8H2,2-4H3. The fourth-order valence-electron chi connectivity index (χ4n) is 3.88. The molecular formula is C13H22O. The first-order chi connectivity index (χ1) is 6.57. The summed E-state index contributed by atoms with van der Waals surface area (Å²) in [6, 6.07) is 0. The molecule has 0 aromatic heterocycles. The van der Waals surface area contributed by atoms with E-state index in [0.29, 0.717) is 11.5 Å². The van der Waals surface area contributed by atoms with Gasteiger partial charge in [-0.25, -0.2) is 0 Å². The van der Waals surface area contributed by atoms with Crippen LogP contribution < -0.4 is 0 Å². The van der Waals surface area contributed by atoms with Crippen molar-refractivity contribution in [1.29, 1.82) is 0 Å². The van der Waals surface area contributed by atoms with Crippen LogP contribution in [0.4, 0.5) is 0 Å². The van der Waals surface area contributed by atoms with Crippen molar-refractivity contribution >= 4 is 0 Å². The van der Waals surface area contributed by atoms with Gasteiger partial charge in [0.15, 0.2) is 0 Å². The largest absolute Gasteiger partial charge is 0.499 e. The van der Waals surface area contributed by atoms with E-state index in [1.165, 1.54) is 19.3 Å². The molecule has 0 spiro atoms. The fraction of sp³-hybridized carbons (Fsp3) is 0.846. The van der Waals surface area contributed by atoms with Crippen LogP contribution in [-0.2, 0) is 4.74 Å². The number of hydrogen-bond acceptors (Lipinski definition) is 1. The van der Waals surface area contributed by atoms with E-state index in [9.17, 15) is 0 Å². The Morgan fingerprint density at radius 3 is 2.57 bits per heavy atom. The van der Waals surface area contributed by atoms with E-state index in [4.69, 9.17) is 4.74 Å². The molecule has 0 aromatic rings. The van der Waals surface area contributed by atoms with Crippen molar-refractivity contribution in [2.75, 3.05) is 0 Å². The second-order valence-corrected chi connectivity index (χ2v) is 5.61. The molecule has 0 saturated heterocycles. The topological polar surface area (TPSA) is 9.23 Å². The van der Waals surface area contributed by atoms with Crippen LogP contribution in [0.1, 0.15) is 40.0 Å². The number of ether oxygens (including phenoxy) is 1. The minimum absolute atomic E-state index is 0.363. The first-order valence-electron chi connectivity index (χ1n) is 5.83. The summed E-state index contributed by atoms with van der Waals surface area (Å²) in [5, 5.41) is 0. The first-order valence-corrected chi connectivity index (χ1v) is 5.83. The number of fused-ring (bicyclic) bond motifs is 2. The molecule has 2 bridgehead atoms. The normalized spacial score (nSPS) is 40.9. The van der Waals surface area contributed by atoms with Crippen LogP contribution in [0.3, 0.4) is 0 Å². The summed E-state index contributed by atoms with van der Waals surface area (Å²) < 4.78 is 5.54. The summed E-state index contributed by atoms with van der Waals surface area (Å²) in [6.45, 7) is 10.7. The van der Waals surface area contributed by atoms with Crippen molar-refractivity contribution in [3.8, 4) is 0 Å². The fourth-order valence-corrected chi connectivity index (χ4v) is 3.88. The highest BCUT2D eigenvalue weighted by molar-refractivity contribution is 5.03. The molecule has 80 valence electrons. The van der Waals surface area contributed by atoms with Crippen LogP contribution >= 0.6 is 0 Å². The molecule has 0 N–H and O–H groups in total. The molecule has 4 unspecified atom stereocenters. The quantitative estimate of drug-likeness (QED) is 0.624. The van der Waals surface area contributed by atoms with Crippen molar-refractivity contribution in [2.24, 2.45) is 23.2 Å². The highest BCUT2D eigenvalue weighted by Gasteiger charge is 2.54. The summed E-state index contributed by atoms with van der Waals surface area (Å²) in [5.41, 5.74) is 0.559. The molecule has 0 radical (unpaired) electrons. The van der Waals surface area contributed by atoms with Crippen LogP contribution in [0, 0.1) is 23.2 Å². The van der Waals surface area contributed by atoms with Crippen molar-refractivity contribution in [2.45, 2.75) is 46.1 Å². The lowest BCUT2D eigenvalue weighted by molar-refractivity contribution is 0.0630. The Hall–Kier alpha value is -0.460. The van der Waals surface area contributed by atoms with E-state index in [1.807, 2.05) is 0 Å². The minimum Gasteiger partial charge on any atom is -0.499 e. The van der Waals surface area contributed by atoms with E-state index in [0.717, 1.165) is 17.8 Å². The molecule has 2 aliphatic rings. The van der Waals surface area contributed by atoms with Crippen molar-refractivity contribution in [1.82, 2.24) is 0 Å². The zero-order valence-corrected chi connectivity index (χ0v) is 9.62. The predicted octanol–water partition coefficient (Wildman–Crippen LogP) is 3.61. The maximum absolute atomic E-state index is 5.54. The van der Waals surface area contributed by atoms with Crippen LogP contribution in [0.2, 0.25) is 0 Å². The molecule has 0 aliphatic heterocycles. The lowest BCUT2D eigenvalue weighted by atomic mass is 9.79. The molecule has 0 heterocycles. The molecule has 2 saturated carbocycles. The van der Waals surface area contributed by atoms with Crippen LogP contribution in [0.5, 0.6) is 0 Å². The summed E-state index contributed by atoms with van der Waals surface area (Å²) in [6.07, 6.45) is 6.18. The number of hydrogen-bond donors (Lipinski definition) is 0. The molecule has 0 amide bonds. The van der Waals surface area contributed by atoms with E-state index < -0.39 is 0 Å². The lowest BCUT2D eigenvalue weighted by Gasteiger charge is -2.30. The zero-order valence-electron chi connectivity index (χ0n) is 9.62. The molecule has 2 aliphatic carbocycles. The molecular weight excluding hydrogens is 172 g/mol. The summed E-state index contributed by atoms with van der Waals surface area (Å²) >= 11 is 0. The summed E-state index contributed by atoms with van der Waals surface area (Å²) in [7, 11) is 0. The van der Waals surface area contributed by atoms with Gasteiger partial charge < -0.3 is 4.74 Å². The monoisotopic (exact) mass is 194 g/mol.